The Morgan fingerprint density at radius 2 is 2.18 bits per heavy atom. The number of ether oxygens (including phenoxy) is 2. The van der Waals surface area contributed by atoms with Crippen molar-refractivity contribution in [1.82, 2.24) is 10.1 Å². The summed E-state index contributed by atoms with van der Waals surface area (Å²) >= 11 is 6.07. The minimum atomic E-state index is -0.508. The molecule has 0 amide bonds. The number of hydrogen-bond donors (Lipinski definition) is 0. The number of methoxy groups -OCH3 is 1. The van der Waals surface area contributed by atoms with Crippen LogP contribution in [0.4, 0.5) is 4.39 Å². The molecule has 0 spiro atoms. The molecule has 2 rings (SSSR count). The highest BCUT2D eigenvalue weighted by Crippen LogP contribution is 2.38. The van der Waals surface area contributed by atoms with Crippen molar-refractivity contribution in [3.05, 3.63) is 41.0 Å². The molecule has 0 bridgehead atoms. The first-order valence-electron chi connectivity index (χ1n) is 6.45. The first-order valence-corrected chi connectivity index (χ1v) is 6.82. The molecule has 118 valence electrons. The summed E-state index contributed by atoms with van der Waals surface area (Å²) in [4.78, 5) is 1.82. The van der Waals surface area contributed by atoms with Gasteiger partial charge in [-0.05, 0) is 12.1 Å². The van der Waals surface area contributed by atoms with E-state index in [0.717, 1.165) is 0 Å². The van der Waals surface area contributed by atoms with E-state index in [0.29, 0.717) is 5.76 Å². The maximum Gasteiger partial charge on any atom is 0.203 e. The van der Waals surface area contributed by atoms with Crippen LogP contribution in [0, 0.1) is 5.82 Å². The fourth-order valence-corrected chi connectivity index (χ4v) is 2.01. The van der Waals surface area contributed by atoms with E-state index in [1.165, 1.54) is 19.2 Å². The molecule has 0 aliphatic carbocycles. The third-order valence-corrected chi connectivity index (χ3v) is 3.03. The van der Waals surface area contributed by atoms with Gasteiger partial charge < -0.3 is 18.9 Å². The number of rotatable bonds is 6. The minimum Gasteiger partial charge on any atom is -0.461 e. The Bertz CT molecular complexity index is 651. The summed E-state index contributed by atoms with van der Waals surface area (Å²) in [6.07, 6.45) is 3.42. The van der Waals surface area contributed by atoms with Gasteiger partial charge in [-0.25, -0.2) is 4.39 Å². The van der Waals surface area contributed by atoms with Crippen LogP contribution in [0.15, 0.2) is 28.9 Å². The van der Waals surface area contributed by atoms with Crippen LogP contribution < -0.4 is 4.74 Å². The Kier molecular flexibility index (Phi) is 5.41. The predicted octanol–water partition coefficient (Wildman–Crippen LogP) is 3.65. The van der Waals surface area contributed by atoms with Crippen molar-refractivity contribution < 1.29 is 18.4 Å². The average molecular weight is 327 g/mol. The van der Waals surface area contributed by atoms with E-state index in [1.807, 2.05) is 19.0 Å². The van der Waals surface area contributed by atoms with Gasteiger partial charge in [-0.1, -0.05) is 22.8 Å². The molecule has 1 aromatic carbocycles. The summed E-state index contributed by atoms with van der Waals surface area (Å²) in [6, 6.07) is 4.39. The standard InChI is InChI=1S/C15H16ClFN2O3/c1-19(2)8-7-12-15(21-9-20-3)14(18-22-12)13-10(16)5-4-6-11(13)17/h4-8H,9H2,1-3H3/b8-7+. The van der Waals surface area contributed by atoms with Crippen LogP contribution in [0.5, 0.6) is 5.75 Å². The summed E-state index contributed by atoms with van der Waals surface area (Å²) in [5.74, 6) is 0.109. The molecule has 5 nitrogen and oxygen atoms in total. The van der Waals surface area contributed by atoms with Gasteiger partial charge in [0.25, 0.3) is 0 Å². The molecule has 22 heavy (non-hydrogen) atoms. The fourth-order valence-electron chi connectivity index (χ4n) is 1.76. The summed E-state index contributed by atoms with van der Waals surface area (Å²) in [7, 11) is 5.20. The lowest BCUT2D eigenvalue weighted by molar-refractivity contribution is 0.0508. The molecule has 0 saturated heterocycles. The normalized spacial score (nSPS) is 11.1. The van der Waals surface area contributed by atoms with E-state index < -0.39 is 5.82 Å². The maximum absolute atomic E-state index is 14.1. The molecular weight excluding hydrogens is 311 g/mol. The number of aromatic nitrogens is 1. The first-order chi connectivity index (χ1) is 10.5. The van der Waals surface area contributed by atoms with Crippen molar-refractivity contribution in [2.75, 3.05) is 28.0 Å². The third kappa shape index (κ3) is 3.58. The van der Waals surface area contributed by atoms with Crippen LogP contribution in [0.2, 0.25) is 5.02 Å². The molecule has 0 aliphatic heterocycles. The van der Waals surface area contributed by atoms with Crippen LogP contribution in [-0.2, 0) is 4.74 Å². The fraction of sp³-hybridized carbons (Fsp3) is 0.267. The SMILES string of the molecule is COCOc1c(-c2c(F)cccc2Cl)noc1/C=C/N(C)C. The van der Waals surface area contributed by atoms with Crippen molar-refractivity contribution in [3.63, 3.8) is 0 Å². The predicted molar refractivity (Wildman–Crippen MR) is 82.1 cm³/mol. The average Bonchev–Trinajstić information content (AvgIpc) is 2.85. The van der Waals surface area contributed by atoms with E-state index in [4.69, 9.17) is 25.6 Å². The van der Waals surface area contributed by atoms with Gasteiger partial charge in [0.2, 0.25) is 5.76 Å². The zero-order chi connectivity index (χ0) is 16.1. The van der Waals surface area contributed by atoms with Gasteiger partial charge in [0.05, 0.1) is 10.6 Å². The second-order valence-electron chi connectivity index (χ2n) is 4.65. The zero-order valence-electron chi connectivity index (χ0n) is 12.5. The number of halogens is 2. The smallest absolute Gasteiger partial charge is 0.203 e. The highest BCUT2D eigenvalue weighted by atomic mass is 35.5. The molecule has 1 aromatic heterocycles. The van der Waals surface area contributed by atoms with Crippen LogP contribution >= 0.6 is 11.6 Å². The second-order valence-corrected chi connectivity index (χ2v) is 5.06. The molecule has 2 aromatic rings. The molecule has 0 atom stereocenters. The molecule has 7 heteroatoms. The quantitative estimate of drug-likeness (QED) is 0.758. The Balaban J connectivity index is 2.51. The van der Waals surface area contributed by atoms with Crippen LogP contribution in [-0.4, -0.2) is 38.1 Å². The first kappa shape index (κ1) is 16.3. The van der Waals surface area contributed by atoms with Crippen molar-refractivity contribution >= 4 is 17.7 Å². The highest BCUT2D eigenvalue weighted by Gasteiger charge is 2.22. The minimum absolute atomic E-state index is 0.0247. The monoisotopic (exact) mass is 326 g/mol. The topological polar surface area (TPSA) is 47.7 Å². The van der Waals surface area contributed by atoms with Crippen molar-refractivity contribution in [2.45, 2.75) is 0 Å². The number of benzene rings is 1. The molecular formula is C15H16ClFN2O3. The van der Waals surface area contributed by atoms with Crippen molar-refractivity contribution in [2.24, 2.45) is 0 Å². The van der Waals surface area contributed by atoms with E-state index in [-0.39, 0.29) is 28.8 Å². The summed E-state index contributed by atoms with van der Waals surface area (Å²) in [5, 5.41) is 4.11. The molecule has 0 saturated carbocycles. The Morgan fingerprint density at radius 1 is 1.41 bits per heavy atom. The van der Waals surface area contributed by atoms with Gasteiger partial charge in [0.1, 0.15) is 5.82 Å². The molecule has 0 aliphatic rings. The molecule has 0 fully saturated rings. The summed E-state index contributed by atoms with van der Waals surface area (Å²) in [6.45, 7) is -0.0247. The van der Waals surface area contributed by atoms with E-state index in [2.05, 4.69) is 5.16 Å². The van der Waals surface area contributed by atoms with E-state index >= 15 is 0 Å². The van der Waals surface area contributed by atoms with Crippen LogP contribution in [0.3, 0.4) is 0 Å². The Morgan fingerprint density at radius 3 is 2.82 bits per heavy atom. The lowest BCUT2D eigenvalue weighted by Crippen LogP contribution is -2.02. The van der Waals surface area contributed by atoms with Gasteiger partial charge in [0.15, 0.2) is 18.2 Å². The van der Waals surface area contributed by atoms with Crippen molar-refractivity contribution in [3.8, 4) is 17.0 Å². The van der Waals surface area contributed by atoms with Gasteiger partial charge in [-0.2, -0.15) is 0 Å². The second kappa shape index (κ2) is 7.29. The van der Waals surface area contributed by atoms with Crippen LogP contribution in [0.25, 0.3) is 17.3 Å². The summed E-state index contributed by atoms with van der Waals surface area (Å²) < 4.78 is 29.7. The Labute approximate surface area is 132 Å². The van der Waals surface area contributed by atoms with E-state index in [1.54, 1.807) is 18.3 Å². The zero-order valence-corrected chi connectivity index (χ0v) is 13.2. The number of nitrogens with zero attached hydrogens (tertiary/aromatic N) is 2. The Hall–Kier alpha value is -2.05. The van der Waals surface area contributed by atoms with Gasteiger partial charge in [-0.15, -0.1) is 0 Å². The molecule has 0 unspecified atom stereocenters. The largest absolute Gasteiger partial charge is 0.461 e. The van der Waals surface area contributed by atoms with Crippen LogP contribution in [0.1, 0.15) is 5.76 Å². The van der Waals surface area contributed by atoms with Crippen molar-refractivity contribution in [1.29, 1.82) is 0 Å². The maximum atomic E-state index is 14.1. The lowest BCUT2D eigenvalue weighted by Gasteiger charge is -2.07. The molecule has 0 radical (unpaired) electrons. The molecule has 0 N–H and O–H groups in total. The number of hydrogen-bond acceptors (Lipinski definition) is 5. The van der Waals surface area contributed by atoms with Gasteiger partial charge in [-0.3, -0.25) is 0 Å². The highest BCUT2D eigenvalue weighted by molar-refractivity contribution is 6.33. The third-order valence-electron chi connectivity index (χ3n) is 2.72. The van der Waals surface area contributed by atoms with Gasteiger partial charge >= 0.3 is 0 Å². The van der Waals surface area contributed by atoms with E-state index in [9.17, 15) is 4.39 Å². The van der Waals surface area contributed by atoms with Gasteiger partial charge in [0, 0.05) is 33.5 Å². The molecule has 1 heterocycles. The summed E-state index contributed by atoms with van der Waals surface area (Å²) in [5.41, 5.74) is 0.321. The lowest BCUT2D eigenvalue weighted by atomic mass is 10.1.